The summed E-state index contributed by atoms with van der Waals surface area (Å²) in [5, 5.41) is 0. The van der Waals surface area contributed by atoms with Crippen LogP contribution in [0.1, 0.15) is 25.7 Å². The summed E-state index contributed by atoms with van der Waals surface area (Å²) in [6, 6.07) is 0. The minimum absolute atomic E-state index is 0.0243. The summed E-state index contributed by atoms with van der Waals surface area (Å²) >= 11 is 0. The van der Waals surface area contributed by atoms with E-state index >= 15 is 0 Å². The molecule has 1 aliphatic carbocycles. The lowest BCUT2D eigenvalue weighted by atomic mass is 10.3. The Morgan fingerprint density at radius 1 is 1.20 bits per heavy atom. The first-order chi connectivity index (χ1) is 4.87. The number of hydrogen-bond donors (Lipinski definition) is 0. The fraction of sp³-hybridized carbons (Fsp3) is 0.875. The maximum absolute atomic E-state index is 10.6. The van der Waals surface area contributed by atoms with Crippen LogP contribution in [0, 0.1) is 0 Å². The smallest absolute Gasteiger partial charge is 0.140 e. The number of carbonyl (C=O) groups is 1. The van der Waals surface area contributed by atoms with Gasteiger partial charge in [-0.25, -0.2) is 0 Å². The van der Waals surface area contributed by atoms with Gasteiger partial charge in [0.15, 0.2) is 0 Å². The summed E-state index contributed by atoms with van der Waals surface area (Å²) in [4.78, 5) is 13.0. The van der Waals surface area contributed by atoms with Gasteiger partial charge >= 0.3 is 0 Å². The Morgan fingerprint density at radius 2 is 1.80 bits per heavy atom. The van der Waals surface area contributed by atoms with E-state index in [1.807, 2.05) is 0 Å². The second-order valence-electron chi connectivity index (χ2n) is 3.42. The van der Waals surface area contributed by atoms with Crippen LogP contribution in [0.4, 0.5) is 0 Å². The zero-order chi connectivity index (χ0) is 7.03. The van der Waals surface area contributed by atoms with Crippen molar-refractivity contribution in [2.75, 3.05) is 13.1 Å². The second-order valence-corrected chi connectivity index (χ2v) is 3.42. The zero-order valence-corrected chi connectivity index (χ0v) is 6.18. The molecule has 0 unspecified atom stereocenters. The molecule has 0 N–H and O–H groups in total. The molecule has 2 nitrogen and oxygen atoms in total. The van der Waals surface area contributed by atoms with E-state index in [0.29, 0.717) is 0 Å². The average molecular weight is 139 g/mol. The molecular formula is C8H13NO. The van der Waals surface area contributed by atoms with Crippen LogP contribution in [0.2, 0.25) is 0 Å². The van der Waals surface area contributed by atoms with Gasteiger partial charge in [0, 0.05) is 0 Å². The molecule has 2 heteroatoms. The minimum atomic E-state index is 0.0243. The SMILES string of the molecule is O=CC1(N2CCCC2)CC1. The van der Waals surface area contributed by atoms with Gasteiger partial charge in [0.05, 0.1) is 5.54 Å². The van der Waals surface area contributed by atoms with E-state index in [9.17, 15) is 4.79 Å². The normalized spacial score (nSPS) is 30.4. The van der Waals surface area contributed by atoms with Crippen molar-refractivity contribution in [1.29, 1.82) is 0 Å². The molecule has 2 rings (SSSR count). The van der Waals surface area contributed by atoms with Crippen LogP contribution >= 0.6 is 0 Å². The number of carbonyl (C=O) groups excluding carboxylic acids is 1. The Bertz CT molecular complexity index is 145. The lowest BCUT2D eigenvalue weighted by Crippen LogP contribution is -2.35. The van der Waals surface area contributed by atoms with Gasteiger partial charge in [-0.15, -0.1) is 0 Å². The van der Waals surface area contributed by atoms with E-state index < -0.39 is 0 Å². The molecule has 1 heterocycles. The molecule has 1 saturated heterocycles. The van der Waals surface area contributed by atoms with E-state index in [-0.39, 0.29) is 5.54 Å². The maximum Gasteiger partial charge on any atom is 0.140 e. The van der Waals surface area contributed by atoms with E-state index in [1.54, 1.807) is 0 Å². The van der Waals surface area contributed by atoms with Gasteiger partial charge in [0.25, 0.3) is 0 Å². The van der Waals surface area contributed by atoms with Crippen LogP contribution in [0.3, 0.4) is 0 Å². The average Bonchev–Trinajstić information content (AvgIpc) is 2.58. The summed E-state index contributed by atoms with van der Waals surface area (Å²) in [6.45, 7) is 2.30. The fourth-order valence-corrected chi connectivity index (χ4v) is 1.80. The Morgan fingerprint density at radius 3 is 2.20 bits per heavy atom. The Hall–Kier alpha value is -0.370. The lowest BCUT2D eigenvalue weighted by Gasteiger charge is -2.20. The largest absolute Gasteiger partial charge is 0.301 e. The summed E-state index contributed by atoms with van der Waals surface area (Å²) in [5.41, 5.74) is 0.0243. The highest BCUT2D eigenvalue weighted by atomic mass is 16.1. The molecule has 0 atom stereocenters. The summed E-state index contributed by atoms with van der Waals surface area (Å²) in [7, 11) is 0. The highest BCUT2D eigenvalue weighted by Crippen LogP contribution is 2.41. The third-order valence-corrected chi connectivity index (χ3v) is 2.72. The van der Waals surface area contributed by atoms with Crippen LogP contribution < -0.4 is 0 Å². The molecule has 2 aliphatic rings. The molecule has 0 aromatic carbocycles. The number of hydrogen-bond acceptors (Lipinski definition) is 2. The summed E-state index contributed by atoms with van der Waals surface area (Å²) in [5.74, 6) is 0. The second kappa shape index (κ2) is 2.06. The van der Waals surface area contributed by atoms with Gasteiger partial charge in [-0.2, -0.15) is 0 Å². The maximum atomic E-state index is 10.6. The molecule has 0 aromatic rings. The highest BCUT2D eigenvalue weighted by molar-refractivity contribution is 5.68. The molecule has 56 valence electrons. The van der Waals surface area contributed by atoms with Crippen molar-refractivity contribution < 1.29 is 4.79 Å². The van der Waals surface area contributed by atoms with Crippen molar-refractivity contribution in [2.45, 2.75) is 31.2 Å². The summed E-state index contributed by atoms with van der Waals surface area (Å²) < 4.78 is 0. The monoisotopic (exact) mass is 139 g/mol. The first-order valence-corrected chi connectivity index (χ1v) is 4.09. The van der Waals surface area contributed by atoms with Crippen LogP contribution in [0.5, 0.6) is 0 Å². The van der Waals surface area contributed by atoms with E-state index in [4.69, 9.17) is 0 Å². The van der Waals surface area contributed by atoms with Crippen molar-refractivity contribution in [2.24, 2.45) is 0 Å². The molecule has 2 fully saturated rings. The first kappa shape index (κ1) is 6.35. The molecule has 0 aromatic heterocycles. The zero-order valence-electron chi connectivity index (χ0n) is 6.18. The van der Waals surface area contributed by atoms with Crippen LogP contribution in [0.25, 0.3) is 0 Å². The Labute approximate surface area is 61.2 Å². The van der Waals surface area contributed by atoms with Gasteiger partial charge in [-0.05, 0) is 38.8 Å². The summed E-state index contributed by atoms with van der Waals surface area (Å²) in [6.07, 6.45) is 5.94. The van der Waals surface area contributed by atoms with Crippen molar-refractivity contribution in [1.82, 2.24) is 4.90 Å². The lowest BCUT2D eigenvalue weighted by molar-refractivity contribution is -0.113. The Balaban J connectivity index is 2.03. The number of rotatable bonds is 2. The van der Waals surface area contributed by atoms with Crippen molar-refractivity contribution in [3.63, 3.8) is 0 Å². The number of aldehydes is 1. The van der Waals surface area contributed by atoms with Crippen molar-refractivity contribution in [3.05, 3.63) is 0 Å². The highest BCUT2D eigenvalue weighted by Gasteiger charge is 2.48. The molecule has 1 aliphatic heterocycles. The van der Waals surface area contributed by atoms with Gasteiger partial charge in [0.2, 0.25) is 0 Å². The molecule has 0 spiro atoms. The van der Waals surface area contributed by atoms with Crippen LogP contribution in [-0.4, -0.2) is 29.8 Å². The van der Waals surface area contributed by atoms with E-state index in [2.05, 4.69) is 4.90 Å². The number of nitrogens with zero attached hydrogens (tertiary/aromatic N) is 1. The van der Waals surface area contributed by atoms with Gasteiger partial charge in [-0.1, -0.05) is 0 Å². The van der Waals surface area contributed by atoms with Gasteiger partial charge in [0.1, 0.15) is 6.29 Å². The molecule has 0 amide bonds. The van der Waals surface area contributed by atoms with Crippen LogP contribution in [0.15, 0.2) is 0 Å². The van der Waals surface area contributed by atoms with Gasteiger partial charge < -0.3 is 4.79 Å². The van der Waals surface area contributed by atoms with E-state index in [0.717, 1.165) is 32.2 Å². The van der Waals surface area contributed by atoms with Gasteiger partial charge in [-0.3, -0.25) is 4.90 Å². The van der Waals surface area contributed by atoms with Crippen LogP contribution in [-0.2, 0) is 4.79 Å². The first-order valence-electron chi connectivity index (χ1n) is 4.09. The molecule has 10 heavy (non-hydrogen) atoms. The topological polar surface area (TPSA) is 20.3 Å². The molecule has 1 saturated carbocycles. The standard InChI is InChI=1S/C8H13NO/c10-7-8(3-4-8)9-5-1-2-6-9/h7H,1-6H2. The molecular weight excluding hydrogens is 126 g/mol. The predicted molar refractivity (Wildman–Crippen MR) is 38.8 cm³/mol. The van der Waals surface area contributed by atoms with Crippen molar-refractivity contribution in [3.8, 4) is 0 Å². The third kappa shape index (κ3) is 0.788. The number of likely N-dealkylation sites (tertiary alicyclic amines) is 1. The quantitative estimate of drug-likeness (QED) is 0.528. The molecule has 0 radical (unpaired) electrons. The van der Waals surface area contributed by atoms with Crippen molar-refractivity contribution >= 4 is 6.29 Å². The third-order valence-electron chi connectivity index (χ3n) is 2.72. The molecule has 0 bridgehead atoms. The van der Waals surface area contributed by atoms with E-state index in [1.165, 1.54) is 12.8 Å². The predicted octanol–water partition coefficient (Wildman–Crippen LogP) is 0.814. The minimum Gasteiger partial charge on any atom is -0.301 e. The Kier molecular flexibility index (Phi) is 1.31. The fourth-order valence-electron chi connectivity index (χ4n) is 1.80.